The Labute approximate surface area is 149 Å². The number of amides is 2. The van der Waals surface area contributed by atoms with Crippen molar-refractivity contribution in [3.05, 3.63) is 88.8 Å². The molecule has 2 N–H and O–H groups in total. The predicted molar refractivity (Wildman–Crippen MR) is 95.7 cm³/mol. The fraction of sp³-hybridized carbons (Fsp3) is 0.0526. The van der Waals surface area contributed by atoms with E-state index >= 15 is 0 Å². The van der Waals surface area contributed by atoms with Crippen LogP contribution in [-0.4, -0.2) is 11.8 Å². The molecular weight excluding hydrogens is 340 g/mol. The van der Waals surface area contributed by atoms with Crippen LogP contribution in [-0.2, 0) is 6.54 Å². The first-order valence-electron chi connectivity index (χ1n) is 7.60. The molecule has 0 aliphatic heterocycles. The molecule has 3 rings (SSSR count). The average molecular weight is 355 g/mol. The van der Waals surface area contributed by atoms with E-state index < -0.39 is 0 Å². The summed E-state index contributed by atoms with van der Waals surface area (Å²) in [5, 5.41) is 5.97. The van der Waals surface area contributed by atoms with Crippen molar-refractivity contribution in [2.24, 2.45) is 0 Å². The molecule has 0 saturated heterocycles. The van der Waals surface area contributed by atoms with Gasteiger partial charge >= 0.3 is 0 Å². The first-order chi connectivity index (χ1) is 12.1. The summed E-state index contributed by atoms with van der Waals surface area (Å²) in [5.41, 5.74) is 1.20. The van der Waals surface area contributed by atoms with Gasteiger partial charge in [0.05, 0.1) is 24.1 Å². The lowest BCUT2D eigenvalue weighted by atomic mass is 10.1. The molecule has 5 nitrogen and oxygen atoms in total. The summed E-state index contributed by atoms with van der Waals surface area (Å²) in [6.07, 6.45) is 1.54. The van der Waals surface area contributed by atoms with E-state index in [1.807, 2.05) is 0 Å². The predicted octanol–water partition coefficient (Wildman–Crippen LogP) is 4.12. The number of anilines is 1. The van der Waals surface area contributed by atoms with Crippen LogP contribution in [0, 0.1) is 0 Å². The quantitative estimate of drug-likeness (QED) is 0.724. The Morgan fingerprint density at radius 3 is 2.56 bits per heavy atom. The minimum Gasteiger partial charge on any atom is -0.467 e. The number of nitrogens with one attached hydrogen (secondary N) is 2. The summed E-state index contributed by atoms with van der Waals surface area (Å²) < 4.78 is 5.19. The van der Waals surface area contributed by atoms with Gasteiger partial charge in [-0.3, -0.25) is 9.59 Å². The zero-order valence-electron chi connectivity index (χ0n) is 13.2. The molecule has 0 atom stereocenters. The molecule has 0 radical (unpaired) electrons. The van der Waals surface area contributed by atoms with Crippen molar-refractivity contribution < 1.29 is 14.0 Å². The molecule has 0 fully saturated rings. The highest BCUT2D eigenvalue weighted by Gasteiger charge is 2.14. The molecule has 3 aromatic rings. The highest BCUT2D eigenvalue weighted by atomic mass is 35.5. The van der Waals surface area contributed by atoms with Crippen LogP contribution in [0.5, 0.6) is 0 Å². The Morgan fingerprint density at radius 1 is 0.960 bits per heavy atom. The van der Waals surface area contributed by atoms with Gasteiger partial charge in [-0.15, -0.1) is 0 Å². The number of carbonyl (C=O) groups excluding carboxylic acids is 2. The van der Waals surface area contributed by atoms with E-state index in [1.54, 1.807) is 66.9 Å². The van der Waals surface area contributed by atoms with Crippen molar-refractivity contribution >= 4 is 29.1 Å². The van der Waals surface area contributed by atoms with Crippen LogP contribution in [0.15, 0.2) is 71.3 Å². The molecule has 1 aromatic heterocycles. The minimum atomic E-state index is -0.339. The van der Waals surface area contributed by atoms with Crippen LogP contribution < -0.4 is 10.6 Å². The van der Waals surface area contributed by atoms with Crippen molar-refractivity contribution in [3.8, 4) is 0 Å². The summed E-state index contributed by atoms with van der Waals surface area (Å²) in [7, 11) is 0. The molecule has 6 heteroatoms. The van der Waals surface area contributed by atoms with Crippen LogP contribution in [0.2, 0.25) is 5.02 Å². The van der Waals surface area contributed by atoms with Crippen molar-refractivity contribution in [1.29, 1.82) is 0 Å². The van der Waals surface area contributed by atoms with Crippen LogP contribution >= 0.6 is 11.6 Å². The Bertz CT molecular complexity index is 891. The SMILES string of the molecule is O=C(Nc1ccccc1C(=O)NCc1ccco1)c1cccc(Cl)c1. The lowest BCUT2D eigenvalue weighted by Crippen LogP contribution is -2.24. The van der Waals surface area contributed by atoms with E-state index in [1.165, 1.54) is 0 Å². The van der Waals surface area contributed by atoms with Gasteiger partial charge < -0.3 is 15.1 Å². The molecule has 126 valence electrons. The monoisotopic (exact) mass is 354 g/mol. The highest BCUT2D eigenvalue weighted by molar-refractivity contribution is 6.31. The first kappa shape index (κ1) is 16.8. The molecule has 2 amide bonds. The zero-order chi connectivity index (χ0) is 17.6. The standard InChI is InChI=1S/C19H15ClN2O3/c20-14-6-3-5-13(11-14)18(23)22-17-9-2-1-8-16(17)19(24)21-12-15-7-4-10-25-15/h1-11H,12H2,(H,21,24)(H,22,23). The smallest absolute Gasteiger partial charge is 0.255 e. The maximum Gasteiger partial charge on any atom is 0.255 e. The van der Waals surface area contributed by atoms with Crippen molar-refractivity contribution in [3.63, 3.8) is 0 Å². The molecule has 1 heterocycles. The van der Waals surface area contributed by atoms with Crippen LogP contribution in [0.25, 0.3) is 0 Å². The molecular formula is C19H15ClN2O3. The van der Waals surface area contributed by atoms with Crippen LogP contribution in [0.1, 0.15) is 26.5 Å². The Balaban J connectivity index is 1.74. The van der Waals surface area contributed by atoms with Crippen molar-refractivity contribution in [2.75, 3.05) is 5.32 Å². The summed E-state index contributed by atoms with van der Waals surface area (Å²) in [6.45, 7) is 0.266. The molecule has 0 bridgehead atoms. The third kappa shape index (κ3) is 4.28. The number of furan rings is 1. The summed E-state index contributed by atoms with van der Waals surface area (Å²) in [5.74, 6) is 0.000901. The lowest BCUT2D eigenvalue weighted by Gasteiger charge is -2.11. The second-order valence-electron chi connectivity index (χ2n) is 5.27. The number of halogens is 1. The summed E-state index contributed by atoms with van der Waals surface area (Å²) >= 11 is 5.91. The molecule has 0 aliphatic carbocycles. The fourth-order valence-corrected chi connectivity index (χ4v) is 2.48. The molecule has 0 saturated carbocycles. The van der Waals surface area contributed by atoms with Gasteiger partial charge in [-0.05, 0) is 42.5 Å². The first-order valence-corrected chi connectivity index (χ1v) is 7.98. The van der Waals surface area contributed by atoms with E-state index in [2.05, 4.69) is 10.6 Å². The third-order valence-corrected chi connectivity index (χ3v) is 3.75. The van der Waals surface area contributed by atoms with E-state index in [0.29, 0.717) is 27.6 Å². The minimum absolute atomic E-state index is 0.266. The lowest BCUT2D eigenvalue weighted by molar-refractivity contribution is 0.0949. The van der Waals surface area contributed by atoms with E-state index in [9.17, 15) is 9.59 Å². The molecule has 0 aliphatic rings. The zero-order valence-corrected chi connectivity index (χ0v) is 13.9. The molecule has 0 unspecified atom stereocenters. The van der Waals surface area contributed by atoms with Gasteiger partial charge in [-0.2, -0.15) is 0 Å². The second-order valence-corrected chi connectivity index (χ2v) is 5.71. The maximum atomic E-state index is 12.4. The van der Waals surface area contributed by atoms with Gasteiger partial charge in [0.25, 0.3) is 11.8 Å². The maximum absolute atomic E-state index is 12.4. The van der Waals surface area contributed by atoms with E-state index in [4.69, 9.17) is 16.0 Å². The van der Waals surface area contributed by atoms with Gasteiger partial charge in [0.1, 0.15) is 5.76 Å². The van der Waals surface area contributed by atoms with E-state index in [0.717, 1.165) is 0 Å². The normalized spacial score (nSPS) is 10.3. The Kier molecular flexibility index (Phi) is 5.16. The van der Waals surface area contributed by atoms with Gasteiger partial charge in [0.2, 0.25) is 0 Å². The second kappa shape index (κ2) is 7.68. The highest BCUT2D eigenvalue weighted by Crippen LogP contribution is 2.18. The van der Waals surface area contributed by atoms with Gasteiger partial charge in [0.15, 0.2) is 0 Å². The van der Waals surface area contributed by atoms with Crippen molar-refractivity contribution in [2.45, 2.75) is 6.54 Å². The molecule has 2 aromatic carbocycles. The van der Waals surface area contributed by atoms with Gasteiger partial charge in [-0.25, -0.2) is 0 Å². The van der Waals surface area contributed by atoms with Gasteiger partial charge in [-0.1, -0.05) is 29.8 Å². The van der Waals surface area contributed by atoms with Crippen LogP contribution in [0.3, 0.4) is 0 Å². The molecule has 25 heavy (non-hydrogen) atoms. The number of hydrogen-bond acceptors (Lipinski definition) is 3. The summed E-state index contributed by atoms with van der Waals surface area (Å²) in [6, 6.07) is 16.9. The number of hydrogen-bond donors (Lipinski definition) is 2. The van der Waals surface area contributed by atoms with Gasteiger partial charge in [0, 0.05) is 10.6 Å². The molecule has 0 spiro atoms. The number of para-hydroxylation sites is 1. The van der Waals surface area contributed by atoms with E-state index in [-0.39, 0.29) is 18.4 Å². The number of benzene rings is 2. The third-order valence-electron chi connectivity index (χ3n) is 3.51. The average Bonchev–Trinajstić information content (AvgIpc) is 3.13. The van der Waals surface area contributed by atoms with Crippen LogP contribution in [0.4, 0.5) is 5.69 Å². The topological polar surface area (TPSA) is 71.3 Å². The largest absolute Gasteiger partial charge is 0.467 e. The fourth-order valence-electron chi connectivity index (χ4n) is 2.29. The summed E-state index contributed by atoms with van der Waals surface area (Å²) in [4.78, 5) is 24.8. The Hall–Kier alpha value is -3.05. The number of rotatable bonds is 5. The van der Waals surface area contributed by atoms with Crippen molar-refractivity contribution in [1.82, 2.24) is 5.32 Å². The Morgan fingerprint density at radius 2 is 1.80 bits per heavy atom. The number of carbonyl (C=O) groups is 2.